The normalized spacial score (nSPS) is 15.2. The van der Waals surface area contributed by atoms with E-state index >= 15 is 0 Å². The quantitative estimate of drug-likeness (QED) is 0.138. The van der Waals surface area contributed by atoms with Crippen LogP contribution in [0.3, 0.4) is 0 Å². The van der Waals surface area contributed by atoms with Gasteiger partial charge >= 0.3 is 45.5 Å². The lowest BCUT2D eigenvalue weighted by atomic mass is 10.2. The highest BCUT2D eigenvalue weighted by Gasteiger charge is 2.68. The number of ether oxygens (including phenoxy) is 3. The summed E-state index contributed by atoms with van der Waals surface area (Å²) >= 11 is 0. The predicted octanol–water partition coefficient (Wildman–Crippen LogP) is 2.48. The number of halogens is 8. The second-order valence-electron chi connectivity index (χ2n) is 4.76. The molecule has 0 aliphatic carbocycles. The van der Waals surface area contributed by atoms with Crippen molar-refractivity contribution < 1.29 is 71.9 Å². The van der Waals surface area contributed by atoms with Crippen LogP contribution in [0.5, 0.6) is 0 Å². The first-order valence-corrected chi connectivity index (χ1v) is 8.04. The maximum atomic E-state index is 13.3. The zero-order valence-corrected chi connectivity index (χ0v) is 14.5. The SMILES string of the molecule is C=COC(=O)C(OCCC(F)(F)S(=O)(=O)O)(OC(=O)C(=C)C(F)(F)F)C(F)(F)F. The minimum absolute atomic E-state index is 0.00534. The molecule has 0 aliphatic heterocycles. The highest BCUT2D eigenvalue weighted by molar-refractivity contribution is 7.86. The standard InChI is InChI=1S/C12H10F8O8S/c1-3-26-8(22)10(12(18,19)20,28-7(21)6(2)11(15,16)17)27-5-4-9(13,14)29(23,24)25/h3H,1-2,4-5H2,(H,23,24,25). The van der Waals surface area contributed by atoms with Gasteiger partial charge in [0.05, 0.1) is 19.3 Å². The van der Waals surface area contributed by atoms with E-state index in [1.165, 1.54) is 0 Å². The molecule has 8 nitrogen and oxygen atoms in total. The number of hydrogen-bond donors (Lipinski definition) is 1. The molecule has 0 spiro atoms. The molecule has 0 saturated heterocycles. The molecule has 0 bridgehead atoms. The summed E-state index contributed by atoms with van der Waals surface area (Å²) in [6, 6.07) is 0. The molecule has 0 rings (SSSR count). The van der Waals surface area contributed by atoms with Crippen molar-refractivity contribution in [3.05, 3.63) is 25.0 Å². The van der Waals surface area contributed by atoms with Crippen LogP contribution in [-0.2, 0) is 33.9 Å². The summed E-state index contributed by atoms with van der Waals surface area (Å²) in [6.07, 6.45) is -14.1. The van der Waals surface area contributed by atoms with Crippen LogP contribution < -0.4 is 0 Å². The summed E-state index contributed by atoms with van der Waals surface area (Å²) in [5.41, 5.74) is -2.54. The summed E-state index contributed by atoms with van der Waals surface area (Å²) in [4.78, 5) is 22.9. The van der Waals surface area contributed by atoms with Gasteiger partial charge in [0, 0.05) is 0 Å². The van der Waals surface area contributed by atoms with Gasteiger partial charge in [-0.25, -0.2) is 9.59 Å². The molecule has 1 N–H and O–H groups in total. The summed E-state index contributed by atoms with van der Waals surface area (Å²) in [6.45, 7) is 2.71. The third-order valence-electron chi connectivity index (χ3n) is 2.73. The van der Waals surface area contributed by atoms with Crippen LogP contribution in [0.25, 0.3) is 0 Å². The average Bonchev–Trinajstić information content (AvgIpc) is 2.49. The molecule has 0 aromatic heterocycles. The molecule has 0 amide bonds. The minimum Gasteiger partial charge on any atom is -0.430 e. The summed E-state index contributed by atoms with van der Waals surface area (Å²) in [7, 11) is -6.14. The predicted molar refractivity (Wildman–Crippen MR) is 73.4 cm³/mol. The van der Waals surface area contributed by atoms with Crippen LogP contribution in [0.1, 0.15) is 6.42 Å². The Hall–Kier alpha value is -2.27. The zero-order chi connectivity index (χ0) is 23.5. The van der Waals surface area contributed by atoms with E-state index in [0.29, 0.717) is 0 Å². The van der Waals surface area contributed by atoms with Crippen molar-refractivity contribution in [1.82, 2.24) is 0 Å². The van der Waals surface area contributed by atoms with Crippen LogP contribution in [0, 0.1) is 0 Å². The van der Waals surface area contributed by atoms with Crippen LogP contribution in [0.4, 0.5) is 35.1 Å². The Morgan fingerprint density at radius 2 is 1.52 bits per heavy atom. The fourth-order valence-electron chi connectivity index (χ4n) is 1.29. The average molecular weight is 466 g/mol. The Balaban J connectivity index is 6.04. The molecular formula is C12H10F8O8S. The van der Waals surface area contributed by atoms with E-state index in [1.807, 2.05) is 0 Å². The highest BCUT2D eigenvalue weighted by atomic mass is 32.2. The maximum absolute atomic E-state index is 13.3. The molecule has 29 heavy (non-hydrogen) atoms. The van der Waals surface area contributed by atoms with E-state index < -0.39 is 64.1 Å². The molecule has 0 fully saturated rings. The first-order valence-electron chi connectivity index (χ1n) is 6.60. The Kier molecular flexibility index (Phi) is 7.94. The Morgan fingerprint density at radius 3 is 1.86 bits per heavy atom. The van der Waals surface area contributed by atoms with Crippen LogP contribution in [0.2, 0.25) is 0 Å². The van der Waals surface area contributed by atoms with Crippen molar-refractivity contribution in [1.29, 1.82) is 0 Å². The monoisotopic (exact) mass is 466 g/mol. The van der Waals surface area contributed by atoms with E-state index in [4.69, 9.17) is 4.55 Å². The zero-order valence-electron chi connectivity index (χ0n) is 13.6. The van der Waals surface area contributed by atoms with Gasteiger partial charge in [0.25, 0.3) is 0 Å². The van der Waals surface area contributed by atoms with Crippen LogP contribution in [-0.4, -0.2) is 54.9 Å². The van der Waals surface area contributed by atoms with E-state index in [0.717, 1.165) is 0 Å². The maximum Gasteiger partial charge on any atom is 0.468 e. The van der Waals surface area contributed by atoms with Crippen LogP contribution in [0.15, 0.2) is 25.0 Å². The van der Waals surface area contributed by atoms with Gasteiger partial charge < -0.3 is 14.2 Å². The highest BCUT2D eigenvalue weighted by Crippen LogP contribution is 2.39. The molecule has 0 aromatic rings. The van der Waals surface area contributed by atoms with Gasteiger partial charge in [0.1, 0.15) is 5.57 Å². The second kappa shape index (κ2) is 8.62. The number of alkyl halides is 8. The fraction of sp³-hybridized carbons (Fsp3) is 0.500. The molecule has 1 unspecified atom stereocenters. The Labute approximate surface area is 156 Å². The van der Waals surface area contributed by atoms with E-state index in [9.17, 15) is 53.1 Å². The lowest BCUT2D eigenvalue weighted by Gasteiger charge is -2.32. The third kappa shape index (κ3) is 6.36. The number of hydrogen-bond acceptors (Lipinski definition) is 7. The van der Waals surface area contributed by atoms with Crippen molar-refractivity contribution in [3.8, 4) is 0 Å². The van der Waals surface area contributed by atoms with Crippen molar-refractivity contribution >= 4 is 22.1 Å². The van der Waals surface area contributed by atoms with Gasteiger partial charge in [-0.05, 0) is 0 Å². The van der Waals surface area contributed by atoms with E-state index in [-0.39, 0.29) is 6.26 Å². The number of carbonyl (C=O) groups excluding carboxylic acids is 2. The molecule has 168 valence electrons. The number of carbonyl (C=O) groups is 2. The van der Waals surface area contributed by atoms with Gasteiger partial charge in [-0.1, -0.05) is 13.2 Å². The molecule has 0 aliphatic rings. The van der Waals surface area contributed by atoms with Crippen molar-refractivity contribution in [2.45, 2.75) is 29.8 Å². The molecule has 0 saturated carbocycles. The lowest BCUT2D eigenvalue weighted by Crippen LogP contribution is -2.58. The summed E-state index contributed by atoms with van der Waals surface area (Å²) in [5.74, 6) is -10.7. The van der Waals surface area contributed by atoms with E-state index in [1.54, 1.807) is 0 Å². The summed E-state index contributed by atoms with van der Waals surface area (Å²) < 4.78 is 143. The Bertz CT molecular complexity index is 770. The molecule has 0 radical (unpaired) electrons. The van der Waals surface area contributed by atoms with Gasteiger partial charge in [0.15, 0.2) is 0 Å². The van der Waals surface area contributed by atoms with Crippen molar-refractivity contribution in [2.24, 2.45) is 0 Å². The first kappa shape index (κ1) is 26.7. The summed E-state index contributed by atoms with van der Waals surface area (Å²) in [5, 5.41) is -5.09. The topological polar surface area (TPSA) is 116 Å². The Morgan fingerprint density at radius 1 is 1.03 bits per heavy atom. The van der Waals surface area contributed by atoms with Crippen LogP contribution >= 0.6 is 0 Å². The van der Waals surface area contributed by atoms with Gasteiger partial charge in [-0.2, -0.15) is 43.5 Å². The van der Waals surface area contributed by atoms with Crippen molar-refractivity contribution in [2.75, 3.05) is 6.61 Å². The lowest BCUT2D eigenvalue weighted by molar-refractivity contribution is -0.354. The van der Waals surface area contributed by atoms with E-state index in [2.05, 4.69) is 27.4 Å². The largest absolute Gasteiger partial charge is 0.468 e. The smallest absolute Gasteiger partial charge is 0.430 e. The van der Waals surface area contributed by atoms with Gasteiger partial charge in [-0.3, -0.25) is 4.55 Å². The first-order chi connectivity index (χ1) is 12.7. The van der Waals surface area contributed by atoms with Gasteiger partial charge in [0.2, 0.25) is 0 Å². The second-order valence-corrected chi connectivity index (χ2v) is 6.31. The van der Waals surface area contributed by atoms with Gasteiger partial charge in [-0.15, -0.1) is 0 Å². The molecule has 1 atom stereocenters. The van der Waals surface area contributed by atoms with Crippen molar-refractivity contribution in [3.63, 3.8) is 0 Å². The fourth-order valence-corrected chi connectivity index (χ4v) is 1.63. The minimum atomic E-state index is -6.22. The molecule has 0 aromatic carbocycles. The molecule has 17 heteroatoms. The molecular weight excluding hydrogens is 456 g/mol. The third-order valence-corrected chi connectivity index (χ3v) is 3.69. The molecule has 0 heterocycles. The number of rotatable bonds is 9. The number of esters is 2.